The lowest BCUT2D eigenvalue weighted by Crippen LogP contribution is -2.29. The third-order valence-corrected chi connectivity index (χ3v) is 4.25. The fourth-order valence-corrected chi connectivity index (χ4v) is 3.39. The summed E-state index contributed by atoms with van der Waals surface area (Å²) in [5.74, 6) is 0. The van der Waals surface area contributed by atoms with Crippen molar-refractivity contribution in [2.24, 2.45) is 0 Å². The quantitative estimate of drug-likeness (QED) is 0.869. The molecule has 1 heterocycles. The number of hydrogen-bond donors (Lipinski definition) is 1. The molecule has 0 aromatic carbocycles. The highest BCUT2D eigenvalue weighted by Crippen LogP contribution is 2.39. The molecule has 102 valence electrons. The van der Waals surface area contributed by atoms with Crippen LogP contribution in [0.2, 0.25) is 0 Å². The number of aromatic nitrogens is 2. The predicted octanol–water partition coefficient (Wildman–Crippen LogP) is 2.83. The summed E-state index contributed by atoms with van der Waals surface area (Å²) in [6, 6.07) is 0. The van der Waals surface area contributed by atoms with Crippen molar-refractivity contribution in [1.82, 2.24) is 9.78 Å². The first kappa shape index (κ1) is 14.0. The van der Waals surface area contributed by atoms with E-state index in [0.29, 0.717) is 13.2 Å². The molecule has 0 spiro atoms. The van der Waals surface area contributed by atoms with Crippen LogP contribution < -0.4 is 0 Å². The van der Waals surface area contributed by atoms with Gasteiger partial charge in [-0.2, -0.15) is 5.10 Å². The van der Waals surface area contributed by atoms with Crippen molar-refractivity contribution >= 4 is 15.9 Å². The van der Waals surface area contributed by atoms with Crippen molar-refractivity contribution in [3.8, 4) is 0 Å². The van der Waals surface area contributed by atoms with Crippen molar-refractivity contribution < 1.29 is 9.84 Å². The Hall–Kier alpha value is -0.390. The predicted molar refractivity (Wildman–Crippen MR) is 73.4 cm³/mol. The van der Waals surface area contributed by atoms with Gasteiger partial charge in [0.15, 0.2) is 0 Å². The van der Waals surface area contributed by atoms with E-state index >= 15 is 0 Å². The maximum Gasteiger partial charge on any atom is 0.107 e. The number of aliphatic hydroxyl groups is 1. The summed E-state index contributed by atoms with van der Waals surface area (Å²) < 4.78 is 7.88. The molecule has 1 aromatic rings. The number of methoxy groups -OCH3 is 1. The van der Waals surface area contributed by atoms with E-state index in [0.717, 1.165) is 35.8 Å². The average Bonchev–Trinajstić information content (AvgIpc) is 2.58. The van der Waals surface area contributed by atoms with Crippen LogP contribution in [0.3, 0.4) is 0 Å². The largest absolute Gasteiger partial charge is 0.384 e. The van der Waals surface area contributed by atoms with E-state index in [1.165, 1.54) is 12.8 Å². The van der Waals surface area contributed by atoms with E-state index in [9.17, 15) is 5.11 Å². The second kappa shape index (κ2) is 6.17. The minimum absolute atomic E-state index is 0.608. The molecule has 1 aliphatic rings. The summed E-state index contributed by atoms with van der Waals surface area (Å²) in [6.07, 6.45) is 8.01. The van der Waals surface area contributed by atoms with Crippen molar-refractivity contribution in [2.75, 3.05) is 13.7 Å². The van der Waals surface area contributed by atoms with Crippen molar-refractivity contribution in [2.45, 2.75) is 50.7 Å². The van der Waals surface area contributed by atoms with Crippen LogP contribution in [0.5, 0.6) is 0 Å². The molecule has 0 bridgehead atoms. The molecule has 1 saturated carbocycles. The Labute approximate surface area is 116 Å². The average molecular weight is 317 g/mol. The maximum atomic E-state index is 10.9. The highest BCUT2D eigenvalue weighted by Gasteiger charge is 2.35. The zero-order valence-electron chi connectivity index (χ0n) is 10.9. The standard InChI is InChI=1S/C13H21BrN2O2/c1-18-9-8-16-12(11(14)10-15-16)13(17)6-4-2-3-5-7-13/h10,17H,2-9H2,1H3. The van der Waals surface area contributed by atoms with E-state index in [4.69, 9.17) is 4.74 Å². The van der Waals surface area contributed by atoms with Crippen LogP contribution >= 0.6 is 15.9 Å². The number of halogens is 1. The molecule has 18 heavy (non-hydrogen) atoms. The first-order valence-corrected chi connectivity index (χ1v) is 7.40. The molecule has 1 aromatic heterocycles. The monoisotopic (exact) mass is 316 g/mol. The summed E-state index contributed by atoms with van der Waals surface area (Å²) in [4.78, 5) is 0. The molecular weight excluding hydrogens is 296 g/mol. The molecule has 2 rings (SSSR count). The van der Waals surface area contributed by atoms with Gasteiger partial charge in [-0.1, -0.05) is 25.7 Å². The molecule has 0 aliphatic heterocycles. The lowest BCUT2D eigenvalue weighted by atomic mass is 9.91. The van der Waals surface area contributed by atoms with Crippen molar-refractivity contribution in [3.63, 3.8) is 0 Å². The van der Waals surface area contributed by atoms with Gasteiger partial charge >= 0.3 is 0 Å². The molecule has 1 N–H and O–H groups in total. The Bertz CT molecular complexity index is 384. The first-order valence-electron chi connectivity index (χ1n) is 6.60. The van der Waals surface area contributed by atoms with Gasteiger partial charge in [0.25, 0.3) is 0 Å². The lowest BCUT2D eigenvalue weighted by molar-refractivity contribution is 0.00997. The van der Waals surface area contributed by atoms with Crippen LogP contribution in [0.1, 0.15) is 44.2 Å². The number of hydrogen-bond acceptors (Lipinski definition) is 3. The number of nitrogens with zero attached hydrogens (tertiary/aromatic N) is 2. The molecule has 4 nitrogen and oxygen atoms in total. The molecule has 0 atom stereocenters. The minimum atomic E-state index is -0.737. The maximum absolute atomic E-state index is 10.9. The highest BCUT2D eigenvalue weighted by molar-refractivity contribution is 9.10. The minimum Gasteiger partial charge on any atom is -0.384 e. The van der Waals surface area contributed by atoms with Crippen molar-refractivity contribution in [3.05, 3.63) is 16.4 Å². The van der Waals surface area contributed by atoms with Gasteiger partial charge in [-0.3, -0.25) is 4.68 Å². The van der Waals surface area contributed by atoms with Gasteiger partial charge in [0.1, 0.15) is 5.60 Å². The Morgan fingerprint density at radius 3 is 2.67 bits per heavy atom. The van der Waals surface area contributed by atoms with Gasteiger partial charge in [-0.15, -0.1) is 0 Å². The third-order valence-electron chi connectivity index (χ3n) is 3.67. The van der Waals surface area contributed by atoms with Crippen LogP contribution in [0.25, 0.3) is 0 Å². The summed E-state index contributed by atoms with van der Waals surface area (Å²) in [6.45, 7) is 1.29. The molecule has 0 saturated heterocycles. The first-order chi connectivity index (χ1) is 8.67. The zero-order valence-corrected chi connectivity index (χ0v) is 12.4. The molecule has 0 unspecified atom stereocenters. The molecule has 0 radical (unpaired) electrons. The highest BCUT2D eigenvalue weighted by atomic mass is 79.9. The van der Waals surface area contributed by atoms with E-state index in [-0.39, 0.29) is 0 Å². The second-order valence-electron chi connectivity index (χ2n) is 5.00. The van der Waals surface area contributed by atoms with Gasteiger partial charge in [-0.25, -0.2) is 0 Å². The molecular formula is C13H21BrN2O2. The summed E-state index contributed by atoms with van der Waals surface area (Å²) >= 11 is 3.52. The van der Waals surface area contributed by atoms with Gasteiger partial charge in [0, 0.05) is 7.11 Å². The van der Waals surface area contributed by atoms with Crippen LogP contribution in [-0.2, 0) is 16.9 Å². The number of rotatable bonds is 4. The molecule has 1 aliphatic carbocycles. The Morgan fingerprint density at radius 2 is 2.06 bits per heavy atom. The molecule has 1 fully saturated rings. The van der Waals surface area contributed by atoms with Crippen LogP contribution in [0.4, 0.5) is 0 Å². The molecule has 5 heteroatoms. The van der Waals surface area contributed by atoms with Gasteiger partial charge in [0.05, 0.1) is 29.5 Å². The Balaban J connectivity index is 2.26. The normalized spacial score (nSPS) is 19.7. The topological polar surface area (TPSA) is 47.3 Å². The smallest absolute Gasteiger partial charge is 0.107 e. The van der Waals surface area contributed by atoms with E-state index < -0.39 is 5.60 Å². The fraction of sp³-hybridized carbons (Fsp3) is 0.769. The van der Waals surface area contributed by atoms with Crippen LogP contribution in [0, 0.1) is 0 Å². The second-order valence-corrected chi connectivity index (χ2v) is 5.86. The Morgan fingerprint density at radius 1 is 1.39 bits per heavy atom. The van der Waals surface area contributed by atoms with E-state index in [1.807, 2.05) is 4.68 Å². The van der Waals surface area contributed by atoms with E-state index in [2.05, 4.69) is 21.0 Å². The lowest BCUT2D eigenvalue weighted by Gasteiger charge is -2.28. The Kier molecular flexibility index (Phi) is 4.81. The summed E-state index contributed by atoms with van der Waals surface area (Å²) in [5, 5.41) is 15.3. The van der Waals surface area contributed by atoms with Gasteiger partial charge < -0.3 is 9.84 Å². The van der Waals surface area contributed by atoms with Gasteiger partial charge in [-0.05, 0) is 28.8 Å². The van der Waals surface area contributed by atoms with Gasteiger partial charge in [0.2, 0.25) is 0 Å². The van der Waals surface area contributed by atoms with Crippen LogP contribution in [-0.4, -0.2) is 28.6 Å². The summed E-state index contributed by atoms with van der Waals surface area (Å²) in [5.41, 5.74) is 0.181. The van der Waals surface area contributed by atoms with Crippen LogP contribution in [0.15, 0.2) is 10.7 Å². The third kappa shape index (κ3) is 2.95. The fourth-order valence-electron chi connectivity index (χ4n) is 2.72. The van der Waals surface area contributed by atoms with E-state index in [1.54, 1.807) is 13.3 Å². The summed E-state index contributed by atoms with van der Waals surface area (Å²) in [7, 11) is 1.68. The molecule has 0 amide bonds. The SMILES string of the molecule is COCCn1ncc(Br)c1C1(O)CCCCCC1. The van der Waals surface area contributed by atoms with Crippen molar-refractivity contribution in [1.29, 1.82) is 0 Å². The number of ether oxygens (including phenoxy) is 1. The zero-order chi connectivity index (χ0) is 13.0.